The molecule has 0 saturated carbocycles. The second-order valence-corrected chi connectivity index (χ2v) is 4.68. The van der Waals surface area contributed by atoms with Crippen LogP contribution in [-0.2, 0) is 6.42 Å². The number of oxazole rings is 1. The Balaban J connectivity index is 1.62. The molecule has 0 spiro atoms. The Morgan fingerprint density at radius 3 is 2.38 bits per heavy atom. The Bertz CT molecular complexity index is 748. The Morgan fingerprint density at radius 1 is 0.905 bits per heavy atom. The highest BCUT2D eigenvalue weighted by Crippen LogP contribution is 2.17. The third-order valence-electron chi connectivity index (χ3n) is 3.12. The Morgan fingerprint density at radius 2 is 1.62 bits per heavy atom. The summed E-state index contributed by atoms with van der Waals surface area (Å²) in [6.45, 7) is 0. The molecule has 0 aliphatic rings. The summed E-state index contributed by atoms with van der Waals surface area (Å²) < 4.78 is 5.64. The number of nitrogens with zero attached hydrogens (tertiary/aromatic N) is 1. The summed E-state index contributed by atoms with van der Waals surface area (Å²) in [5.74, 6) is 7.38. The van der Waals surface area contributed by atoms with E-state index in [4.69, 9.17) is 4.42 Å². The van der Waals surface area contributed by atoms with Gasteiger partial charge in [-0.25, -0.2) is 4.98 Å². The van der Waals surface area contributed by atoms with Crippen LogP contribution in [0.25, 0.3) is 11.5 Å². The molecule has 0 bridgehead atoms. The highest BCUT2D eigenvalue weighted by Gasteiger charge is 2.03. The number of aromatic nitrogens is 1. The van der Waals surface area contributed by atoms with Crippen molar-refractivity contribution in [1.29, 1.82) is 0 Å². The monoisotopic (exact) mass is 273 g/mol. The fraction of sp³-hybridized carbons (Fsp3) is 0.105. The lowest BCUT2D eigenvalue weighted by Gasteiger charge is -1.94. The zero-order valence-electron chi connectivity index (χ0n) is 11.6. The molecule has 1 aromatic heterocycles. The maximum Gasteiger partial charge on any atom is 0.227 e. The molecule has 102 valence electrons. The number of rotatable bonds is 3. The summed E-state index contributed by atoms with van der Waals surface area (Å²) in [5, 5.41) is 0. The Kier molecular flexibility index (Phi) is 4.14. The molecule has 0 fully saturated rings. The van der Waals surface area contributed by atoms with E-state index >= 15 is 0 Å². The molecule has 0 amide bonds. The van der Waals surface area contributed by atoms with Gasteiger partial charge in [-0.1, -0.05) is 54.5 Å². The van der Waals surface area contributed by atoms with E-state index in [1.807, 2.05) is 48.5 Å². The molecule has 0 N–H and O–H groups in total. The van der Waals surface area contributed by atoms with E-state index in [-0.39, 0.29) is 0 Å². The van der Waals surface area contributed by atoms with Gasteiger partial charge < -0.3 is 4.42 Å². The first-order valence-electron chi connectivity index (χ1n) is 6.96. The van der Waals surface area contributed by atoms with Crippen molar-refractivity contribution in [2.45, 2.75) is 12.8 Å². The second-order valence-electron chi connectivity index (χ2n) is 4.68. The van der Waals surface area contributed by atoms with Crippen molar-refractivity contribution in [2.75, 3.05) is 0 Å². The van der Waals surface area contributed by atoms with E-state index in [1.54, 1.807) is 6.20 Å². The summed E-state index contributed by atoms with van der Waals surface area (Å²) in [7, 11) is 0. The number of aryl methyl sites for hydroxylation is 1. The molecule has 0 atom stereocenters. The fourth-order valence-corrected chi connectivity index (χ4v) is 2.05. The Labute approximate surface area is 124 Å². The van der Waals surface area contributed by atoms with Crippen molar-refractivity contribution < 1.29 is 4.42 Å². The molecule has 0 aliphatic carbocycles. The maximum absolute atomic E-state index is 5.64. The van der Waals surface area contributed by atoms with Crippen molar-refractivity contribution in [3.05, 3.63) is 78.2 Å². The van der Waals surface area contributed by atoms with Crippen LogP contribution < -0.4 is 0 Å². The van der Waals surface area contributed by atoms with Gasteiger partial charge in [0.2, 0.25) is 5.89 Å². The molecule has 3 aromatic rings. The Hall–Kier alpha value is -2.79. The van der Waals surface area contributed by atoms with Crippen molar-refractivity contribution in [2.24, 2.45) is 0 Å². The van der Waals surface area contributed by atoms with Crippen LogP contribution in [0.5, 0.6) is 0 Å². The summed E-state index contributed by atoms with van der Waals surface area (Å²) in [6.07, 6.45) is 3.44. The predicted molar refractivity (Wildman–Crippen MR) is 83.6 cm³/mol. The van der Waals surface area contributed by atoms with Crippen LogP contribution in [0.15, 0.2) is 71.3 Å². The minimum Gasteiger partial charge on any atom is -0.428 e. The first-order chi connectivity index (χ1) is 10.4. The van der Waals surface area contributed by atoms with Crippen LogP contribution >= 0.6 is 0 Å². The maximum atomic E-state index is 5.64. The normalized spacial score (nSPS) is 9.90. The third kappa shape index (κ3) is 3.61. The SMILES string of the molecule is C(#Cc1cnc(-c2ccccc2)o1)CCc1ccccc1. The molecule has 0 unspecified atom stereocenters. The summed E-state index contributed by atoms with van der Waals surface area (Å²) in [6, 6.07) is 20.2. The van der Waals surface area contributed by atoms with Crippen LogP contribution in [-0.4, -0.2) is 4.98 Å². The first-order valence-corrected chi connectivity index (χ1v) is 6.96. The van der Waals surface area contributed by atoms with E-state index in [0.29, 0.717) is 11.7 Å². The van der Waals surface area contributed by atoms with Gasteiger partial charge in [0.1, 0.15) is 0 Å². The lowest BCUT2D eigenvalue weighted by molar-refractivity contribution is 0.562. The van der Waals surface area contributed by atoms with Crippen LogP contribution in [0.3, 0.4) is 0 Å². The zero-order chi connectivity index (χ0) is 14.3. The summed E-state index contributed by atoms with van der Waals surface area (Å²) in [5.41, 5.74) is 2.27. The van der Waals surface area contributed by atoms with E-state index in [9.17, 15) is 0 Å². The van der Waals surface area contributed by atoms with Gasteiger partial charge >= 0.3 is 0 Å². The molecular weight excluding hydrogens is 258 g/mol. The van der Waals surface area contributed by atoms with Gasteiger partial charge in [0.05, 0.1) is 6.20 Å². The average Bonchev–Trinajstić information content (AvgIpc) is 3.02. The van der Waals surface area contributed by atoms with Gasteiger partial charge in [0.15, 0.2) is 5.76 Å². The van der Waals surface area contributed by atoms with Crippen LogP contribution in [0, 0.1) is 11.8 Å². The molecular formula is C19H15NO. The summed E-state index contributed by atoms with van der Waals surface area (Å²) >= 11 is 0. The fourth-order valence-electron chi connectivity index (χ4n) is 2.05. The zero-order valence-corrected chi connectivity index (χ0v) is 11.6. The molecule has 2 nitrogen and oxygen atoms in total. The van der Waals surface area contributed by atoms with E-state index in [1.165, 1.54) is 5.56 Å². The smallest absolute Gasteiger partial charge is 0.227 e. The average molecular weight is 273 g/mol. The van der Waals surface area contributed by atoms with E-state index < -0.39 is 0 Å². The minimum absolute atomic E-state index is 0.613. The van der Waals surface area contributed by atoms with Gasteiger partial charge in [-0.3, -0.25) is 0 Å². The quantitative estimate of drug-likeness (QED) is 0.664. The molecule has 2 heteroatoms. The molecule has 2 aromatic carbocycles. The molecule has 0 saturated heterocycles. The van der Waals surface area contributed by atoms with Crippen molar-refractivity contribution in [1.82, 2.24) is 4.98 Å². The predicted octanol–water partition coefficient (Wildman–Crippen LogP) is 4.33. The molecule has 0 aliphatic heterocycles. The number of hydrogen-bond donors (Lipinski definition) is 0. The topological polar surface area (TPSA) is 26.0 Å². The lowest BCUT2D eigenvalue weighted by atomic mass is 10.1. The summed E-state index contributed by atoms with van der Waals surface area (Å²) in [4.78, 5) is 4.25. The highest BCUT2D eigenvalue weighted by atomic mass is 16.4. The minimum atomic E-state index is 0.613. The number of benzene rings is 2. The van der Waals surface area contributed by atoms with Crippen molar-refractivity contribution in [3.63, 3.8) is 0 Å². The largest absolute Gasteiger partial charge is 0.428 e. The molecule has 1 heterocycles. The van der Waals surface area contributed by atoms with Crippen molar-refractivity contribution >= 4 is 0 Å². The van der Waals surface area contributed by atoms with E-state index in [2.05, 4.69) is 29.0 Å². The third-order valence-corrected chi connectivity index (χ3v) is 3.12. The molecule has 0 radical (unpaired) electrons. The van der Waals surface area contributed by atoms with Gasteiger partial charge in [-0.15, -0.1) is 0 Å². The standard InChI is InChI=1S/C19H15NO/c1-3-9-16(10-4-1)11-7-8-14-18-15-20-19(21-18)17-12-5-2-6-13-17/h1-6,9-10,12-13,15H,7,11H2. The second kappa shape index (κ2) is 6.58. The van der Waals surface area contributed by atoms with Gasteiger partial charge in [-0.2, -0.15) is 0 Å². The van der Waals surface area contributed by atoms with Crippen LogP contribution in [0.4, 0.5) is 0 Å². The van der Waals surface area contributed by atoms with E-state index in [0.717, 1.165) is 18.4 Å². The highest BCUT2D eigenvalue weighted by molar-refractivity contribution is 5.53. The van der Waals surface area contributed by atoms with Crippen LogP contribution in [0.2, 0.25) is 0 Å². The van der Waals surface area contributed by atoms with Crippen LogP contribution in [0.1, 0.15) is 17.7 Å². The molecule has 3 rings (SSSR count). The van der Waals surface area contributed by atoms with Gasteiger partial charge in [0.25, 0.3) is 0 Å². The van der Waals surface area contributed by atoms with Gasteiger partial charge in [-0.05, 0) is 30.0 Å². The molecule has 21 heavy (non-hydrogen) atoms. The number of hydrogen-bond acceptors (Lipinski definition) is 2. The van der Waals surface area contributed by atoms with Crippen molar-refractivity contribution in [3.8, 4) is 23.3 Å². The first kappa shape index (κ1) is 13.2. The van der Waals surface area contributed by atoms with Gasteiger partial charge in [0, 0.05) is 12.0 Å². The lowest BCUT2D eigenvalue weighted by Crippen LogP contribution is -1.81.